The molecule has 1 aromatic heterocycles. The standard InChI is InChI=1S/C16H14F3NO4/c1-10(21)24-14(15(22)20-9-13-3-2-8-23-13)11-4-6-12(7-5-11)16(17,18)19/h2-8,14H,9H2,1H3,(H,20,22). The smallest absolute Gasteiger partial charge is 0.416 e. The summed E-state index contributed by atoms with van der Waals surface area (Å²) in [6.07, 6.45) is -4.41. The third-order valence-corrected chi connectivity index (χ3v) is 3.08. The first-order valence-corrected chi connectivity index (χ1v) is 6.92. The van der Waals surface area contributed by atoms with Gasteiger partial charge in [-0.15, -0.1) is 0 Å². The quantitative estimate of drug-likeness (QED) is 0.848. The molecule has 1 heterocycles. The lowest BCUT2D eigenvalue weighted by molar-refractivity contribution is -0.154. The van der Waals surface area contributed by atoms with Gasteiger partial charge in [0.1, 0.15) is 5.76 Å². The molecule has 2 aromatic rings. The van der Waals surface area contributed by atoms with Crippen molar-refractivity contribution in [2.75, 3.05) is 0 Å². The fraction of sp³-hybridized carbons (Fsp3) is 0.250. The molecule has 0 aliphatic rings. The Kier molecular flexibility index (Phi) is 5.28. The van der Waals surface area contributed by atoms with Crippen LogP contribution in [-0.4, -0.2) is 11.9 Å². The molecular weight excluding hydrogens is 327 g/mol. The molecule has 1 atom stereocenters. The second kappa shape index (κ2) is 7.20. The lowest BCUT2D eigenvalue weighted by Gasteiger charge is -2.17. The third kappa shape index (κ3) is 4.61. The molecule has 8 heteroatoms. The van der Waals surface area contributed by atoms with Crippen molar-refractivity contribution < 1.29 is 31.9 Å². The van der Waals surface area contributed by atoms with E-state index in [0.717, 1.165) is 31.2 Å². The van der Waals surface area contributed by atoms with Crippen molar-refractivity contribution in [2.45, 2.75) is 25.7 Å². The van der Waals surface area contributed by atoms with Crippen molar-refractivity contribution >= 4 is 11.9 Å². The molecule has 0 saturated heterocycles. The summed E-state index contributed by atoms with van der Waals surface area (Å²) in [5, 5.41) is 2.50. The number of amides is 1. The van der Waals surface area contributed by atoms with E-state index in [1.807, 2.05) is 0 Å². The molecule has 2 rings (SSSR count). The molecule has 0 fully saturated rings. The predicted molar refractivity (Wildman–Crippen MR) is 76.5 cm³/mol. The molecule has 0 radical (unpaired) electrons. The van der Waals surface area contributed by atoms with Crippen molar-refractivity contribution in [3.05, 3.63) is 59.5 Å². The summed E-state index contributed by atoms with van der Waals surface area (Å²) in [5.74, 6) is -0.910. The largest absolute Gasteiger partial charge is 0.467 e. The molecule has 1 N–H and O–H groups in total. The van der Waals surface area contributed by atoms with Gasteiger partial charge >= 0.3 is 12.1 Å². The number of halogens is 3. The van der Waals surface area contributed by atoms with Gasteiger partial charge in [-0.05, 0) is 24.3 Å². The SMILES string of the molecule is CC(=O)OC(C(=O)NCc1ccco1)c1ccc(C(F)(F)F)cc1. The van der Waals surface area contributed by atoms with Gasteiger partial charge in [0.05, 0.1) is 18.4 Å². The van der Waals surface area contributed by atoms with Crippen LogP contribution in [0.1, 0.15) is 29.9 Å². The van der Waals surface area contributed by atoms with Gasteiger partial charge in [0.25, 0.3) is 5.91 Å². The maximum absolute atomic E-state index is 12.6. The Morgan fingerprint density at radius 2 is 1.88 bits per heavy atom. The van der Waals surface area contributed by atoms with Crippen LogP contribution in [0, 0.1) is 0 Å². The van der Waals surface area contributed by atoms with Gasteiger partial charge in [-0.3, -0.25) is 9.59 Å². The second-order valence-electron chi connectivity index (χ2n) is 4.91. The van der Waals surface area contributed by atoms with Gasteiger partial charge < -0.3 is 14.5 Å². The average molecular weight is 341 g/mol. The van der Waals surface area contributed by atoms with E-state index in [-0.39, 0.29) is 12.1 Å². The zero-order valence-electron chi connectivity index (χ0n) is 12.6. The number of alkyl halides is 3. The molecule has 1 unspecified atom stereocenters. The highest BCUT2D eigenvalue weighted by atomic mass is 19.4. The summed E-state index contributed by atoms with van der Waals surface area (Å²) in [6.45, 7) is 1.17. The van der Waals surface area contributed by atoms with E-state index in [2.05, 4.69) is 5.32 Å². The Morgan fingerprint density at radius 1 is 1.21 bits per heavy atom. The van der Waals surface area contributed by atoms with E-state index in [9.17, 15) is 22.8 Å². The third-order valence-electron chi connectivity index (χ3n) is 3.08. The second-order valence-corrected chi connectivity index (χ2v) is 4.91. The number of esters is 1. The van der Waals surface area contributed by atoms with Gasteiger partial charge in [0.15, 0.2) is 0 Å². The van der Waals surface area contributed by atoms with Crippen LogP contribution in [0.25, 0.3) is 0 Å². The summed E-state index contributed by atoms with van der Waals surface area (Å²) in [5.41, 5.74) is -0.723. The van der Waals surface area contributed by atoms with Gasteiger partial charge in [-0.2, -0.15) is 13.2 Å². The zero-order valence-corrected chi connectivity index (χ0v) is 12.6. The Labute approximate surface area is 135 Å². The van der Waals surface area contributed by atoms with Crippen LogP contribution in [0.3, 0.4) is 0 Å². The average Bonchev–Trinajstić information content (AvgIpc) is 3.03. The molecule has 24 heavy (non-hydrogen) atoms. The molecule has 0 spiro atoms. The van der Waals surface area contributed by atoms with Gasteiger partial charge in [0.2, 0.25) is 6.10 Å². The summed E-state index contributed by atoms with van der Waals surface area (Å²) >= 11 is 0. The molecule has 1 amide bonds. The normalized spacial score (nSPS) is 12.5. The van der Waals surface area contributed by atoms with Crippen molar-refractivity contribution in [3.8, 4) is 0 Å². The predicted octanol–water partition coefficient (Wildman–Crippen LogP) is 3.22. The number of nitrogens with one attached hydrogen (secondary N) is 1. The van der Waals surface area contributed by atoms with Crippen molar-refractivity contribution in [1.29, 1.82) is 0 Å². The number of furan rings is 1. The highest BCUT2D eigenvalue weighted by Gasteiger charge is 2.31. The summed E-state index contributed by atoms with van der Waals surface area (Å²) in [4.78, 5) is 23.4. The van der Waals surface area contributed by atoms with E-state index in [0.29, 0.717) is 5.76 Å². The molecule has 0 aliphatic carbocycles. The van der Waals surface area contributed by atoms with Crippen molar-refractivity contribution in [1.82, 2.24) is 5.32 Å². The van der Waals surface area contributed by atoms with Crippen LogP contribution < -0.4 is 5.32 Å². The number of rotatable bonds is 5. The van der Waals surface area contributed by atoms with E-state index in [1.165, 1.54) is 6.26 Å². The molecule has 0 saturated carbocycles. The highest BCUT2D eigenvalue weighted by molar-refractivity contribution is 5.84. The minimum Gasteiger partial charge on any atom is -0.467 e. The van der Waals surface area contributed by atoms with E-state index in [4.69, 9.17) is 9.15 Å². The van der Waals surface area contributed by atoms with Crippen LogP contribution in [0.4, 0.5) is 13.2 Å². The van der Waals surface area contributed by atoms with Crippen LogP contribution >= 0.6 is 0 Å². The minimum atomic E-state index is -4.49. The molecule has 1 aromatic carbocycles. The summed E-state index contributed by atoms with van der Waals surface area (Å²) in [6, 6.07) is 7.13. The Bertz CT molecular complexity index is 693. The number of carbonyl (C=O) groups excluding carboxylic acids is 2. The maximum Gasteiger partial charge on any atom is 0.416 e. The lowest BCUT2D eigenvalue weighted by Crippen LogP contribution is -2.31. The van der Waals surface area contributed by atoms with Crippen molar-refractivity contribution in [2.24, 2.45) is 0 Å². The fourth-order valence-electron chi connectivity index (χ4n) is 1.97. The van der Waals surface area contributed by atoms with E-state index < -0.39 is 29.7 Å². The minimum absolute atomic E-state index is 0.0598. The molecule has 0 bridgehead atoms. The Balaban J connectivity index is 2.14. The summed E-state index contributed by atoms with van der Waals surface area (Å²) in [7, 11) is 0. The van der Waals surface area contributed by atoms with Crippen LogP contribution in [0.5, 0.6) is 0 Å². The molecule has 5 nitrogen and oxygen atoms in total. The Hall–Kier alpha value is -2.77. The van der Waals surface area contributed by atoms with Gasteiger partial charge in [-0.1, -0.05) is 12.1 Å². The fourth-order valence-corrected chi connectivity index (χ4v) is 1.97. The number of carbonyl (C=O) groups is 2. The monoisotopic (exact) mass is 341 g/mol. The molecule has 128 valence electrons. The highest BCUT2D eigenvalue weighted by Crippen LogP contribution is 2.30. The molecular formula is C16H14F3NO4. The first-order chi connectivity index (χ1) is 11.3. The zero-order chi connectivity index (χ0) is 17.7. The Morgan fingerprint density at radius 3 is 2.38 bits per heavy atom. The number of ether oxygens (including phenoxy) is 1. The number of hydrogen-bond acceptors (Lipinski definition) is 4. The van der Waals surface area contributed by atoms with Crippen molar-refractivity contribution in [3.63, 3.8) is 0 Å². The lowest BCUT2D eigenvalue weighted by atomic mass is 10.1. The van der Waals surface area contributed by atoms with Gasteiger partial charge in [0, 0.05) is 12.5 Å². The van der Waals surface area contributed by atoms with E-state index >= 15 is 0 Å². The first kappa shape index (κ1) is 17.6. The number of benzene rings is 1. The van der Waals surface area contributed by atoms with Crippen LogP contribution in [0.15, 0.2) is 47.1 Å². The van der Waals surface area contributed by atoms with Gasteiger partial charge in [-0.25, -0.2) is 0 Å². The molecule has 0 aliphatic heterocycles. The topological polar surface area (TPSA) is 68.5 Å². The van der Waals surface area contributed by atoms with Crippen LogP contribution in [-0.2, 0) is 27.0 Å². The first-order valence-electron chi connectivity index (χ1n) is 6.92. The van der Waals surface area contributed by atoms with Crippen LogP contribution in [0.2, 0.25) is 0 Å². The summed E-state index contributed by atoms with van der Waals surface area (Å²) < 4.78 is 47.8. The number of hydrogen-bond donors (Lipinski definition) is 1. The van der Waals surface area contributed by atoms with E-state index in [1.54, 1.807) is 12.1 Å². The maximum atomic E-state index is 12.6.